The number of carbonyl (C=O) groups is 2. The molecule has 7 nitrogen and oxygen atoms in total. The van der Waals surface area contributed by atoms with Crippen molar-refractivity contribution in [2.24, 2.45) is 0 Å². The van der Waals surface area contributed by atoms with E-state index in [0.29, 0.717) is 0 Å². The third-order valence-corrected chi connectivity index (χ3v) is 3.07. The third-order valence-electron chi connectivity index (χ3n) is 1.75. The first-order valence-electron chi connectivity index (χ1n) is 5.52. The maximum absolute atomic E-state index is 11.5. The van der Waals surface area contributed by atoms with E-state index >= 15 is 0 Å². The minimum atomic E-state index is -3.82. The van der Waals surface area contributed by atoms with Crippen LogP contribution in [0.25, 0.3) is 0 Å². The van der Waals surface area contributed by atoms with Gasteiger partial charge in [-0.25, -0.2) is 13.1 Å². The number of carboxylic acid groups (broad SMARTS) is 1. The fourth-order valence-corrected chi connectivity index (χ4v) is 2.17. The van der Waals surface area contributed by atoms with Crippen molar-refractivity contribution in [1.29, 1.82) is 0 Å². The zero-order chi connectivity index (χ0) is 15.3. The summed E-state index contributed by atoms with van der Waals surface area (Å²) in [6.07, 6.45) is 0.539. The lowest BCUT2D eigenvalue weighted by Gasteiger charge is -2.21. The molecule has 0 spiro atoms. The Labute approximate surface area is 112 Å². The predicted octanol–water partition coefficient (Wildman–Crippen LogP) is 0.277. The topological polar surface area (TPSA) is 110 Å². The average molecular weight is 293 g/mol. The lowest BCUT2D eigenvalue weighted by Crippen LogP contribution is -2.43. The molecule has 0 saturated heterocycles. The van der Waals surface area contributed by atoms with Gasteiger partial charge in [0.05, 0.1) is 12.2 Å². The van der Waals surface area contributed by atoms with Crippen molar-refractivity contribution in [3.63, 3.8) is 0 Å². The van der Waals surface area contributed by atoms with E-state index in [4.69, 9.17) is 9.84 Å². The molecular formula is C11H19NO6S. The molecule has 0 aliphatic carbocycles. The molecule has 0 aliphatic rings. The summed E-state index contributed by atoms with van der Waals surface area (Å²) in [5, 5.41) is 8.89. The van der Waals surface area contributed by atoms with E-state index in [1.54, 1.807) is 20.8 Å². The van der Waals surface area contributed by atoms with E-state index in [1.807, 2.05) is 4.72 Å². The molecule has 0 heterocycles. The van der Waals surface area contributed by atoms with Gasteiger partial charge in [0.1, 0.15) is 11.6 Å². The number of hydrogen-bond donors (Lipinski definition) is 2. The summed E-state index contributed by atoms with van der Waals surface area (Å²) in [6.45, 7) is 8.13. The summed E-state index contributed by atoms with van der Waals surface area (Å²) < 4.78 is 29.7. The van der Waals surface area contributed by atoms with Crippen LogP contribution in [0.4, 0.5) is 0 Å². The zero-order valence-electron chi connectivity index (χ0n) is 11.2. The van der Waals surface area contributed by atoms with Crippen LogP contribution in [0.2, 0.25) is 0 Å². The number of carbonyl (C=O) groups excluding carboxylic acids is 1. The molecule has 0 amide bonds. The average Bonchev–Trinajstić information content (AvgIpc) is 2.12. The molecule has 0 bridgehead atoms. The highest BCUT2D eigenvalue weighted by molar-refractivity contribution is 7.89. The first kappa shape index (κ1) is 17.6. The van der Waals surface area contributed by atoms with Gasteiger partial charge in [0.15, 0.2) is 0 Å². The van der Waals surface area contributed by atoms with Gasteiger partial charge < -0.3 is 9.84 Å². The first-order chi connectivity index (χ1) is 8.47. The van der Waals surface area contributed by atoms with Crippen LogP contribution < -0.4 is 4.72 Å². The molecular weight excluding hydrogens is 274 g/mol. The Balaban J connectivity index is 4.73. The van der Waals surface area contributed by atoms with Gasteiger partial charge in [-0.1, -0.05) is 6.08 Å². The van der Waals surface area contributed by atoms with Crippen LogP contribution in [-0.2, 0) is 24.3 Å². The normalized spacial score (nSPS) is 13.6. The van der Waals surface area contributed by atoms with Crippen LogP contribution in [0.15, 0.2) is 12.7 Å². The highest BCUT2D eigenvalue weighted by atomic mass is 32.2. The maximum atomic E-state index is 11.5. The molecule has 0 aromatic heterocycles. The SMILES string of the molecule is C=CCS(=O)(=O)N[C@@H](CC(=O)OC(C)(C)C)C(=O)O. The minimum absolute atomic E-state index is 0.425. The van der Waals surface area contributed by atoms with Gasteiger partial charge in [0.25, 0.3) is 0 Å². The molecule has 0 rings (SSSR count). The fraction of sp³-hybridized carbons (Fsp3) is 0.636. The number of ether oxygens (including phenoxy) is 1. The Morgan fingerprint density at radius 3 is 2.32 bits per heavy atom. The predicted molar refractivity (Wildman–Crippen MR) is 69.0 cm³/mol. The van der Waals surface area contributed by atoms with Gasteiger partial charge in [-0.05, 0) is 20.8 Å². The monoisotopic (exact) mass is 293 g/mol. The molecule has 19 heavy (non-hydrogen) atoms. The smallest absolute Gasteiger partial charge is 0.322 e. The molecule has 110 valence electrons. The Kier molecular flexibility index (Phi) is 6.17. The van der Waals surface area contributed by atoms with Crippen LogP contribution in [0, 0.1) is 0 Å². The summed E-state index contributed by atoms with van der Waals surface area (Å²) in [6, 6.07) is -1.56. The van der Waals surface area contributed by atoms with Crippen LogP contribution in [0.1, 0.15) is 27.2 Å². The lowest BCUT2D eigenvalue weighted by molar-refractivity contribution is -0.158. The Morgan fingerprint density at radius 1 is 1.42 bits per heavy atom. The molecule has 0 fully saturated rings. The number of sulfonamides is 1. The Bertz CT molecular complexity index is 448. The Hall–Kier alpha value is -1.41. The van der Waals surface area contributed by atoms with Crippen LogP contribution in [0.5, 0.6) is 0 Å². The fourth-order valence-electron chi connectivity index (χ4n) is 1.15. The van der Waals surface area contributed by atoms with Crippen molar-refractivity contribution in [2.75, 3.05) is 5.75 Å². The van der Waals surface area contributed by atoms with E-state index in [1.165, 1.54) is 0 Å². The van der Waals surface area contributed by atoms with Crippen molar-refractivity contribution in [3.05, 3.63) is 12.7 Å². The van der Waals surface area contributed by atoms with Crippen molar-refractivity contribution in [3.8, 4) is 0 Å². The number of rotatable bonds is 7. The maximum Gasteiger partial charge on any atom is 0.322 e. The summed E-state index contributed by atoms with van der Waals surface area (Å²) >= 11 is 0. The first-order valence-corrected chi connectivity index (χ1v) is 7.17. The van der Waals surface area contributed by atoms with Crippen LogP contribution in [-0.4, -0.2) is 42.9 Å². The van der Waals surface area contributed by atoms with Crippen molar-refractivity contribution in [1.82, 2.24) is 4.72 Å². The highest BCUT2D eigenvalue weighted by Crippen LogP contribution is 2.10. The molecule has 2 N–H and O–H groups in total. The van der Waals surface area contributed by atoms with Crippen LogP contribution >= 0.6 is 0 Å². The van der Waals surface area contributed by atoms with Crippen molar-refractivity contribution in [2.45, 2.75) is 38.8 Å². The van der Waals surface area contributed by atoms with Crippen molar-refractivity contribution >= 4 is 22.0 Å². The van der Waals surface area contributed by atoms with Gasteiger partial charge in [0, 0.05) is 0 Å². The second-order valence-corrected chi connectivity index (χ2v) is 6.67. The third kappa shape index (κ3) is 8.33. The number of nitrogens with one attached hydrogen (secondary N) is 1. The molecule has 0 radical (unpaired) electrons. The van der Waals surface area contributed by atoms with Crippen molar-refractivity contribution < 1.29 is 27.9 Å². The van der Waals surface area contributed by atoms with Gasteiger partial charge in [-0.15, -0.1) is 6.58 Å². The number of esters is 1. The quantitative estimate of drug-likeness (QED) is 0.515. The van der Waals surface area contributed by atoms with E-state index < -0.39 is 45.8 Å². The molecule has 0 aliphatic heterocycles. The summed E-state index contributed by atoms with van der Waals surface area (Å²) in [7, 11) is -3.82. The second-order valence-electron chi connectivity index (χ2n) is 4.87. The van der Waals surface area contributed by atoms with Gasteiger partial charge in [-0.3, -0.25) is 9.59 Å². The van der Waals surface area contributed by atoms with E-state index in [2.05, 4.69) is 6.58 Å². The number of carboxylic acids is 1. The summed E-state index contributed by atoms with van der Waals surface area (Å²) in [5.41, 5.74) is -0.764. The van der Waals surface area contributed by atoms with E-state index in [0.717, 1.165) is 6.08 Å². The number of aliphatic carboxylic acids is 1. The molecule has 1 atom stereocenters. The van der Waals surface area contributed by atoms with Crippen LogP contribution in [0.3, 0.4) is 0 Å². The molecule has 0 aromatic rings. The zero-order valence-corrected chi connectivity index (χ0v) is 12.0. The highest BCUT2D eigenvalue weighted by Gasteiger charge is 2.28. The second kappa shape index (κ2) is 6.67. The van der Waals surface area contributed by atoms with Gasteiger partial charge in [0.2, 0.25) is 10.0 Å². The molecule has 8 heteroatoms. The standard InChI is InChI=1S/C11H19NO6S/c1-5-6-19(16,17)12-8(10(14)15)7-9(13)18-11(2,3)4/h5,8,12H,1,6-7H2,2-4H3,(H,14,15)/t8-/m0/s1. The molecule has 0 unspecified atom stereocenters. The molecule has 0 saturated carbocycles. The molecule has 0 aromatic carbocycles. The van der Waals surface area contributed by atoms with Gasteiger partial charge >= 0.3 is 11.9 Å². The Morgan fingerprint density at radius 2 is 1.95 bits per heavy atom. The summed E-state index contributed by atoms with van der Waals surface area (Å²) in [5.74, 6) is -2.66. The van der Waals surface area contributed by atoms with E-state index in [-0.39, 0.29) is 0 Å². The largest absolute Gasteiger partial charge is 0.480 e. The lowest BCUT2D eigenvalue weighted by atomic mass is 10.2. The minimum Gasteiger partial charge on any atom is -0.480 e. The van der Waals surface area contributed by atoms with Gasteiger partial charge in [-0.2, -0.15) is 0 Å². The summed E-state index contributed by atoms with van der Waals surface area (Å²) in [4.78, 5) is 22.4. The van der Waals surface area contributed by atoms with E-state index in [9.17, 15) is 18.0 Å². The number of hydrogen-bond acceptors (Lipinski definition) is 5.